The Balaban J connectivity index is 1.65. The maximum Gasteiger partial charge on any atom is 0.323 e. The summed E-state index contributed by atoms with van der Waals surface area (Å²) in [6.45, 7) is 3.89. The Morgan fingerprint density at radius 3 is 2.64 bits per heavy atom. The molecule has 1 heterocycles. The summed E-state index contributed by atoms with van der Waals surface area (Å²) in [4.78, 5) is 24.8. The minimum atomic E-state index is -1.02. The van der Waals surface area contributed by atoms with Crippen LogP contribution in [0, 0.1) is 13.8 Å². The Hall–Kier alpha value is -2.76. The molecule has 1 aliphatic carbocycles. The first kappa shape index (κ1) is 17.1. The molecule has 0 radical (unpaired) electrons. The number of aliphatic carboxylic acids is 1. The normalized spacial score (nSPS) is 13.5. The number of furan rings is 1. The zero-order valence-electron chi connectivity index (χ0n) is 14.3. The molecule has 1 N–H and O–H groups in total. The molecule has 0 aliphatic heterocycles. The summed E-state index contributed by atoms with van der Waals surface area (Å²) >= 11 is 0. The van der Waals surface area contributed by atoms with Gasteiger partial charge in [0.25, 0.3) is 5.91 Å². The summed E-state index contributed by atoms with van der Waals surface area (Å²) in [5.74, 6) is 0.0232. The number of carboxylic acids is 1. The molecule has 0 atom stereocenters. The number of carbonyl (C=O) groups is 2. The molecule has 6 nitrogen and oxygen atoms in total. The summed E-state index contributed by atoms with van der Waals surface area (Å²) in [6, 6.07) is 9.16. The van der Waals surface area contributed by atoms with Crippen molar-refractivity contribution in [2.75, 3.05) is 6.54 Å². The van der Waals surface area contributed by atoms with Crippen molar-refractivity contribution in [1.29, 1.82) is 0 Å². The molecule has 132 valence electrons. The van der Waals surface area contributed by atoms with Crippen molar-refractivity contribution >= 4 is 11.9 Å². The number of amides is 1. The van der Waals surface area contributed by atoms with E-state index in [0.29, 0.717) is 5.76 Å². The molecule has 1 amide bonds. The number of benzene rings is 1. The Morgan fingerprint density at radius 2 is 2.00 bits per heavy atom. The molecule has 1 aliphatic rings. The fourth-order valence-electron chi connectivity index (χ4n) is 2.72. The third-order valence-corrected chi connectivity index (χ3v) is 4.13. The highest BCUT2D eigenvalue weighted by Gasteiger charge is 2.35. The third kappa shape index (κ3) is 4.21. The molecule has 0 bridgehead atoms. The van der Waals surface area contributed by atoms with E-state index in [1.807, 2.05) is 32.0 Å². The van der Waals surface area contributed by atoms with Gasteiger partial charge in [-0.05, 0) is 50.5 Å². The van der Waals surface area contributed by atoms with Crippen LogP contribution in [0.15, 0.2) is 34.7 Å². The monoisotopic (exact) mass is 343 g/mol. The number of ether oxygens (including phenoxy) is 1. The van der Waals surface area contributed by atoms with Crippen LogP contribution in [0.1, 0.15) is 40.3 Å². The summed E-state index contributed by atoms with van der Waals surface area (Å²) in [7, 11) is 0. The molecular formula is C19H21NO5. The van der Waals surface area contributed by atoms with Crippen LogP contribution >= 0.6 is 0 Å². The number of hydrogen-bond donors (Lipinski definition) is 1. The molecule has 3 rings (SSSR count). The van der Waals surface area contributed by atoms with E-state index in [9.17, 15) is 9.59 Å². The number of nitrogens with zero attached hydrogens (tertiary/aromatic N) is 1. The SMILES string of the molecule is Cc1ccc(OCc2ccc(C(=O)N(CC(=O)O)C3CC3)o2)c(C)c1. The van der Waals surface area contributed by atoms with Crippen LogP contribution in [-0.2, 0) is 11.4 Å². The minimum absolute atomic E-state index is 0.00334. The number of hydrogen-bond acceptors (Lipinski definition) is 4. The second-order valence-corrected chi connectivity index (χ2v) is 6.38. The average molecular weight is 343 g/mol. The molecular weight excluding hydrogens is 322 g/mol. The Morgan fingerprint density at radius 1 is 1.24 bits per heavy atom. The van der Waals surface area contributed by atoms with Crippen LogP contribution < -0.4 is 4.74 Å². The summed E-state index contributed by atoms with van der Waals surface area (Å²) in [5.41, 5.74) is 2.19. The van der Waals surface area contributed by atoms with Crippen LogP contribution in [-0.4, -0.2) is 34.5 Å². The van der Waals surface area contributed by atoms with Gasteiger partial charge < -0.3 is 19.2 Å². The van der Waals surface area contributed by atoms with Gasteiger partial charge in [0.05, 0.1) is 0 Å². The van der Waals surface area contributed by atoms with E-state index in [-0.39, 0.29) is 30.9 Å². The van der Waals surface area contributed by atoms with Gasteiger partial charge in [-0.15, -0.1) is 0 Å². The quantitative estimate of drug-likeness (QED) is 0.835. The lowest BCUT2D eigenvalue weighted by Gasteiger charge is -2.18. The van der Waals surface area contributed by atoms with E-state index in [1.165, 1.54) is 4.90 Å². The van der Waals surface area contributed by atoms with E-state index in [0.717, 1.165) is 29.7 Å². The molecule has 1 fully saturated rings. The molecule has 25 heavy (non-hydrogen) atoms. The molecule has 0 spiro atoms. The summed E-state index contributed by atoms with van der Waals surface area (Å²) < 4.78 is 11.3. The van der Waals surface area contributed by atoms with Crippen LogP contribution in [0.4, 0.5) is 0 Å². The predicted molar refractivity (Wildman–Crippen MR) is 90.7 cm³/mol. The van der Waals surface area contributed by atoms with E-state index in [4.69, 9.17) is 14.3 Å². The fraction of sp³-hybridized carbons (Fsp3) is 0.368. The number of aryl methyl sites for hydroxylation is 2. The molecule has 6 heteroatoms. The van der Waals surface area contributed by atoms with E-state index >= 15 is 0 Å². The van der Waals surface area contributed by atoms with Gasteiger partial charge >= 0.3 is 5.97 Å². The number of carboxylic acid groups (broad SMARTS) is 1. The zero-order chi connectivity index (χ0) is 18.0. The second kappa shape index (κ2) is 7.01. The topological polar surface area (TPSA) is 80.0 Å². The van der Waals surface area contributed by atoms with Gasteiger partial charge in [-0.3, -0.25) is 9.59 Å². The van der Waals surface area contributed by atoms with Crippen molar-refractivity contribution in [3.63, 3.8) is 0 Å². The van der Waals surface area contributed by atoms with Crippen molar-refractivity contribution in [3.05, 3.63) is 53.0 Å². The lowest BCUT2D eigenvalue weighted by molar-refractivity contribution is -0.137. The predicted octanol–water partition coefficient (Wildman–Crippen LogP) is 3.16. The van der Waals surface area contributed by atoms with Crippen molar-refractivity contribution in [3.8, 4) is 5.75 Å². The smallest absolute Gasteiger partial charge is 0.323 e. The highest BCUT2D eigenvalue weighted by Crippen LogP contribution is 2.28. The number of carbonyl (C=O) groups excluding carboxylic acids is 1. The first-order valence-corrected chi connectivity index (χ1v) is 8.25. The van der Waals surface area contributed by atoms with Crippen molar-refractivity contribution in [2.24, 2.45) is 0 Å². The van der Waals surface area contributed by atoms with Crippen LogP contribution in [0.25, 0.3) is 0 Å². The Bertz CT molecular complexity index is 791. The van der Waals surface area contributed by atoms with Crippen molar-refractivity contribution in [2.45, 2.75) is 39.3 Å². The number of rotatable bonds is 7. The van der Waals surface area contributed by atoms with Crippen molar-refractivity contribution < 1.29 is 23.8 Å². The van der Waals surface area contributed by atoms with Gasteiger partial charge in [0.15, 0.2) is 5.76 Å². The van der Waals surface area contributed by atoms with E-state index < -0.39 is 5.97 Å². The minimum Gasteiger partial charge on any atom is -0.485 e. The Labute approximate surface area is 146 Å². The van der Waals surface area contributed by atoms with Gasteiger partial charge in [0.2, 0.25) is 0 Å². The Kier molecular flexibility index (Phi) is 4.79. The van der Waals surface area contributed by atoms with E-state index in [2.05, 4.69) is 0 Å². The van der Waals surface area contributed by atoms with Gasteiger partial charge in [-0.2, -0.15) is 0 Å². The van der Waals surface area contributed by atoms with Gasteiger partial charge in [0, 0.05) is 6.04 Å². The lowest BCUT2D eigenvalue weighted by Crippen LogP contribution is -2.37. The first-order chi connectivity index (χ1) is 11.9. The molecule has 1 saturated carbocycles. The van der Waals surface area contributed by atoms with Crippen LogP contribution in [0.5, 0.6) is 5.75 Å². The highest BCUT2D eigenvalue weighted by molar-refractivity contribution is 5.93. The molecule has 1 aromatic carbocycles. The average Bonchev–Trinajstić information content (AvgIpc) is 3.29. The maximum absolute atomic E-state index is 12.5. The lowest BCUT2D eigenvalue weighted by atomic mass is 10.1. The maximum atomic E-state index is 12.5. The first-order valence-electron chi connectivity index (χ1n) is 8.25. The highest BCUT2D eigenvalue weighted by atomic mass is 16.5. The summed E-state index contributed by atoms with van der Waals surface area (Å²) in [6.07, 6.45) is 1.67. The summed E-state index contributed by atoms with van der Waals surface area (Å²) in [5, 5.41) is 8.97. The van der Waals surface area contributed by atoms with Gasteiger partial charge in [-0.25, -0.2) is 0 Å². The molecule has 1 aromatic heterocycles. The van der Waals surface area contributed by atoms with Crippen LogP contribution in [0.3, 0.4) is 0 Å². The van der Waals surface area contributed by atoms with Crippen molar-refractivity contribution in [1.82, 2.24) is 4.90 Å². The van der Waals surface area contributed by atoms with Gasteiger partial charge in [0.1, 0.15) is 24.7 Å². The molecule has 0 unspecified atom stereocenters. The molecule has 0 saturated heterocycles. The second-order valence-electron chi connectivity index (χ2n) is 6.38. The largest absolute Gasteiger partial charge is 0.485 e. The standard InChI is InChI=1S/C19H21NO5/c1-12-3-7-16(13(2)9-12)24-11-15-6-8-17(25-15)19(23)20(10-18(21)22)14-4-5-14/h3,6-9,14H,4-5,10-11H2,1-2H3,(H,21,22). The molecule has 2 aromatic rings. The van der Waals surface area contributed by atoms with E-state index in [1.54, 1.807) is 12.1 Å². The fourth-order valence-corrected chi connectivity index (χ4v) is 2.72. The third-order valence-electron chi connectivity index (χ3n) is 4.13. The van der Waals surface area contributed by atoms with Gasteiger partial charge in [-0.1, -0.05) is 17.7 Å². The zero-order valence-corrected chi connectivity index (χ0v) is 14.3. The van der Waals surface area contributed by atoms with Crippen LogP contribution in [0.2, 0.25) is 0 Å².